The van der Waals surface area contributed by atoms with Gasteiger partial charge in [0.05, 0.1) is 28.0 Å². The number of anilines is 1. The van der Waals surface area contributed by atoms with Crippen molar-refractivity contribution in [2.24, 2.45) is 5.92 Å². The monoisotopic (exact) mass is 442 g/mol. The van der Waals surface area contributed by atoms with Crippen LogP contribution in [0.5, 0.6) is 0 Å². The zero-order chi connectivity index (χ0) is 22.1. The van der Waals surface area contributed by atoms with Crippen molar-refractivity contribution < 1.29 is 9.59 Å². The van der Waals surface area contributed by atoms with Gasteiger partial charge in [0.15, 0.2) is 5.78 Å². The van der Waals surface area contributed by atoms with E-state index in [1.807, 2.05) is 37.3 Å². The number of benzene rings is 2. The summed E-state index contributed by atoms with van der Waals surface area (Å²) < 4.78 is 4.40. The number of hydrogen-bond donors (Lipinski definition) is 1. The van der Waals surface area contributed by atoms with E-state index in [0.717, 1.165) is 34.4 Å². The van der Waals surface area contributed by atoms with E-state index in [1.165, 1.54) is 11.5 Å². The summed E-state index contributed by atoms with van der Waals surface area (Å²) in [7, 11) is 0. The molecule has 32 heavy (non-hydrogen) atoms. The molecule has 0 bridgehead atoms. The van der Waals surface area contributed by atoms with Crippen molar-refractivity contribution in [3.63, 3.8) is 0 Å². The average molecular weight is 443 g/mol. The van der Waals surface area contributed by atoms with Gasteiger partial charge in [-0.2, -0.15) is 4.37 Å². The maximum absolute atomic E-state index is 13.1. The minimum atomic E-state index is -0.230. The maximum Gasteiger partial charge on any atom is 0.258 e. The zero-order valence-corrected chi connectivity index (χ0v) is 18.5. The maximum atomic E-state index is 13.1. The highest BCUT2D eigenvalue weighted by atomic mass is 32.1. The molecular weight excluding hydrogens is 420 g/mol. The minimum absolute atomic E-state index is 0.132. The Balaban J connectivity index is 1.35. The lowest BCUT2D eigenvalue weighted by Gasteiger charge is -2.09. The summed E-state index contributed by atoms with van der Waals surface area (Å²) in [4.78, 5) is 35.5. The van der Waals surface area contributed by atoms with Gasteiger partial charge in [-0.15, -0.1) is 0 Å². The number of ketones is 1. The molecule has 6 nitrogen and oxygen atoms in total. The van der Waals surface area contributed by atoms with E-state index in [0.29, 0.717) is 41.3 Å². The van der Waals surface area contributed by atoms with E-state index in [9.17, 15) is 9.59 Å². The third-order valence-corrected chi connectivity index (χ3v) is 6.55. The lowest BCUT2D eigenvalue weighted by Crippen LogP contribution is -2.15. The Morgan fingerprint density at radius 3 is 2.72 bits per heavy atom. The molecule has 2 aromatic heterocycles. The Bertz CT molecular complexity index is 1330. The molecule has 2 aromatic carbocycles. The fourth-order valence-electron chi connectivity index (χ4n) is 3.74. The Morgan fingerprint density at radius 2 is 1.91 bits per heavy atom. The first-order chi connectivity index (χ1) is 15.6. The highest BCUT2D eigenvalue weighted by Gasteiger charge is 2.25. The molecule has 0 aliphatic heterocycles. The summed E-state index contributed by atoms with van der Waals surface area (Å²) in [5, 5.41) is 2.94. The van der Waals surface area contributed by atoms with Crippen molar-refractivity contribution >= 4 is 39.9 Å². The molecule has 1 aliphatic rings. The summed E-state index contributed by atoms with van der Waals surface area (Å²) in [5.74, 6) is 0.431. The zero-order valence-electron chi connectivity index (χ0n) is 17.7. The molecule has 160 valence electrons. The first-order valence-electron chi connectivity index (χ1n) is 10.7. The van der Waals surface area contributed by atoms with Gasteiger partial charge in [-0.1, -0.05) is 24.3 Å². The second kappa shape index (κ2) is 8.59. The Labute approximate surface area is 189 Å². The van der Waals surface area contributed by atoms with Gasteiger partial charge in [0.25, 0.3) is 5.91 Å². The summed E-state index contributed by atoms with van der Waals surface area (Å²) in [5.41, 5.74) is 4.93. The first-order valence-corrected chi connectivity index (χ1v) is 11.4. The average Bonchev–Trinajstić information content (AvgIpc) is 3.54. The minimum Gasteiger partial charge on any atom is -0.322 e. The van der Waals surface area contributed by atoms with Crippen molar-refractivity contribution in [3.05, 3.63) is 82.1 Å². The van der Waals surface area contributed by atoms with Crippen LogP contribution in [0.3, 0.4) is 0 Å². The number of carbonyl (C=O) groups excluding carboxylic acids is 2. The van der Waals surface area contributed by atoms with Crippen LogP contribution in [-0.2, 0) is 6.42 Å². The third-order valence-electron chi connectivity index (χ3n) is 5.61. The molecule has 1 aliphatic carbocycles. The fourth-order valence-corrected chi connectivity index (χ4v) is 4.62. The number of Topliss-reactive ketones (excluding diaryl/α,β-unsaturated/α-hetero) is 1. The molecule has 0 atom stereocenters. The van der Waals surface area contributed by atoms with Gasteiger partial charge >= 0.3 is 0 Å². The molecule has 1 amide bonds. The quantitative estimate of drug-likeness (QED) is 0.397. The van der Waals surface area contributed by atoms with Crippen LogP contribution in [-0.4, -0.2) is 26.0 Å². The summed E-state index contributed by atoms with van der Waals surface area (Å²) >= 11 is 1.30. The SMILES string of the molecule is Cc1nsc(Cc2cnc3ccccc3n2)c1C(=O)Nc1cccc(C(=O)CC2CC2)c1. The number of fused-ring (bicyclic) bond motifs is 1. The smallest absolute Gasteiger partial charge is 0.258 e. The number of nitrogens with zero attached hydrogens (tertiary/aromatic N) is 3. The van der Waals surface area contributed by atoms with Crippen molar-refractivity contribution in [1.29, 1.82) is 0 Å². The molecule has 1 fully saturated rings. The largest absolute Gasteiger partial charge is 0.322 e. The summed E-state index contributed by atoms with van der Waals surface area (Å²) in [6.45, 7) is 1.83. The van der Waals surface area contributed by atoms with Crippen LogP contribution < -0.4 is 5.32 Å². The van der Waals surface area contributed by atoms with Gasteiger partial charge in [0, 0.05) is 35.2 Å². The van der Waals surface area contributed by atoms with Crippen molar-refractivity contribution in [3.8, 4) is 0 Å². The molecule has 5 rings (SSSR count). The second-order valence-corrected chi connectivity index (χ2v) is 9.06. The van der Waals surface area contributed by atoms with Crippen LogP contribution in [0.15, 0.2) is 54.7 Å². The lowest BCUT2D eigenvalue weighted by molar-refractivity contribution is 0.0974. The fraction of sp³-hybridized carbons (Fsp3) is 0.240. The summed E-state index contributed by atoms with van der Waals surface area (Å²) in [6.07, 6.45) is 5.08. The van der Waals surface area contributed by atoms with Crippen molar-refractivity contribution in [1.82, 2.24) is 14.3 Å². The molecule has 0 spiro atoms. The highest BCUT2D eigenvalue weighted by Crippen LogP contribution is 2.33. The Kier molecular flexibility index (Phi) is 5.49. The van der Waals surface area contributed by atoms with E-state index < -0.39 is 0 Å². The van der Waals surface area contributed by atoms with E-state index in [1.54, 1.807) is 24.4 Å². The topological polar surface area (TPSA) is 84.8 Å². The van der Waals surface area contributed by atoms with Crippen molar-refractivity contribution in [2.75, 3.05) is 5.32 Å². The van der Waals surface area contributed by atoms with Gasteiger partial charge < -0.3 is 5.32 Å². The number of hydrogen-bond acceptors (Lipinski definition) is 6. The van der Waals surface area contributed by atoms with Crippen LogP contribution in [0, 0.1) is 12.8 Å². The standard InChI is InChI=1S/C25H22N4O2S/c1-15-24(23(32-29-15)13-19-14-26-20-7-2-3-8-21(20)27-19)25(31)28-18-6-4-5-17(12-18)22(30)11-16-9-10-16/h2-8,12,14,16H,9-11,13H2,1H3,(H,28,31). The van der Waals surface area contributed by atoms with E-state index in [2.05, 4.69) is 19.7 Å². The van der Waals surface area contributed by atoms with Crippen LogP contribution in [0.2, 0.25) is 0 Å². The van der Waals surface area contributed by atoms with Gasteiger partial charge in [0.2, 0.25) is 0 Å². The molecular formula is C25H22N4O2S. The van der Waals surface area contributed by atoms with Gasteiger partial charge in [-0.25, -0.2) is 4.98 Å². The predicted molar refractivity (Wildman–Crippen MR) is 125 cm³/mol. The van der Waals surface area contributed by atoms with Crippen LogP contribution in [0.4, 0.5) is 5.69 Å². The van der Waals surface area contributed by atoms with Crippen LogP contribution in [0.1, 0.15) is 56.2 Å². The normalized spacial score (nSPS) is 13.3. The molecule has 4 aromatic rings. The molecule has 0 radical (unpaired) electrons. The summed E-state index contributed by atoms with van der Waals surface area (Å²) in [6, 6.07) is 14.9. The number of nitrogens with one attached hydrogen (secondary N) is 1. The van der Waals surface area contributed by atoms with Crippen LogP contribution >= 0.6 is 11.5 Å². The lowest BCUT2D eigenvalue weighted by atomic mass is 10.0. The number of aryl methyl sites for hydroxylation is 1. The van der Waals surface area contributed by atoms with Gasteiger partial charge in [-0.3, -0.25) is 14.6 Å². The van der Waals surface area contributed by atoms with E-state index in [-0.39, 0.29) is 11.7 Å². The number of para-hydroxylation sites is 2. The Hall–Kier alpha value is -3.45. The van der Waals surface area contributed by atoms with Gasteiger partial charge in [0.1, 0.15) is 0 Å². The Morgan fingerprint density at radius 1 is 1.09 bits per heavy atom. The molecule has 0 saturated heterocycles. The number of rotatable bonds is 7. The second-order valence-electron chi connectivity index (χ2n) is 8.20. The third kappa shape index (κ3) is 4.43. The number of aromatic nitrogens is 3. The number of carbonyl (C=O) groups is 2. The molecule has 0 unspecified atom stereocenters. The van der Waals surface area contributed by atoms with E-state index >= 15 is 0 Å². The van der Waals surface area contributed by atoms with Crippen molar-refractivity contribution in [2.45, 2.75) is 32.6 Å². The highest BCUT2D eigenvalue weighted by molar-refractivity contribution is 7.06. The predicted octanol–water partition coefficient (Wildman–Crippen LogP) is 5.22. The number of amides is 1. The molecule has 7 heteroatoms. The first kappa shape index (κ1) is 20.5. The molecule has 1 saturated carbocycles. The van der Waals surface area contributed by atoms with E-state index in [4.69, 9.17) is 0 Å². The van der Waals surface area contributed by atoms with Crippen LogP contribution in [0.25, 0.3) is 11.0 Å². The molecule has 1 N–H and O–H groups in total. The van der Waals surface area contributed by atoms with Gasteiger partial charge in [-0.05, 0) is 61.5 Å². The molecule has 2 heterocycles.